The molecule has 1 amide bonds. The standard InChI is InChI=1S/C10H10F4N2O2/c11-7-2-1-6(4-16-18-5-9(15)17)8(3-7)10(12,13)14/h1-3,16H,4-5H2,(H2,15,17). The van der Waals surface area contributed by atoms with Gasteiger partial charge in [0.25, 0.3) is 0 Å². The maximum atomic E-state index is 12.8. The summed E-state index contributed by atoms with van der Waals surface area (Å²) in [5.74, 6) is -1.75. The molecule has 0 aliphatic rings. The SMILES string of the molecule is NC(=O)CONCc1ccc(F)cc1C(F)(F)F. The number of hydrogen-bond acceptors (Lipinski definition) is 3. The molecule has 0 saturated carbocycles. The molecule has 0 saturated heterocycles. The quantitative estimate of drug-likeness (QED) is 0.480. The second-order valence-electron chi connectivity index (χ2n) is 3.38. The summed E-state index contributed by atoms with van der Waals surface area (Å²) in [7, 11) is 0. The molecule has 3 N–H and O–H groups in total. The summed E-state index contributed by atoms with van der Waals surface area (Å²) in [6, 6.07) is 2.28. The molecule has 0 aliphatic carbocycles. The molecule has 0 heterocycles. The van der Waals surface area contributed by atoms with E-state index in [9.17, 15) is 22.4 Å². The van der Waals surface area contributed by atoms with Gasteiger partial charge in [-0.15, -0.1) is 0 Å². The highest BCUT2D eigenvalue weighted by Crippen LogP contribution is 2.32. The minimum atomic E-state index is -4.66. The lowest BCUT2D eigenvalue weighted by molar-refractivity contribution is -0.139. The zero-order valence-electron chi connectivity index (χ0n) is 9.05. The number of hydrogen-bond donors (Lipinski definition) is 2. The first-order chi connectivity index (χ1) is 8.30. The Kier molecular flexibility index (Phi) is 4.62. The molecule has 0 radical (unpaired) electrons. The average Bonchev–Trinajstić information content (AvgIpc) is 2.24. The van der Waals surface area contributed by atoms with E-state index in [0.29, 0.717) is 6.07 Å². The van der Waals surface area contributed by atoms with Crippen molar-refractivity contribution in [3.05, 3.63) is 35.1 Å². The van der Waals surface area contributed by atoms with E-state index in [2.05, 4.69) is 10.3 Å². The van der Waals surface area contributed by atoms with Gasteiger partial charge in [-0.1, -0.05) is 6.07 Å². The Morgan fingerprint density at radius 3 is 2.61 bits per heavy atom. The summed E-state index contributed by atoms with van der Waals surface area (Å²) in [5.41, 5.74) is 5.60. The lowest BCUT2D eigenvalue weighted by Gasteiger charge is -2.13. The predicted molar refractivity (Wildman–Crippen MR) is 53.4 cm³/mol. The molecule has 8 heteroatoms. The molecule has 0 spiro atoms. The monoisotopic (exact) mass is 266 g/mol. The largest absolute Gasteiger partial charge is 0.416 e. The minimum absolute atomic E-state index is 0.201. The molecule has 0 aliphatic heterocycles. The molecule has 1 aromatic carbocycles. The van der Waals surface area contributed by atoms with Crippen molar-refractivity contribution in [3.8, 4) is 0 Å². The molecule has 18 heavy (non-hydrogen) atoms. The van der Waals surface area contributed by atoms with E-state index < -0.39 is 30.1 Å². The van der Waals surface area contributed by atoms with Crippen LogP contribution in [-0.4, -0.2) is 12.5 Å². The van der Waals surface area contributed by atoms with E-state index in [-0.39, 0.29) is 12.1 Å². The number of nitrogens with two attached hydrogens (primary N) is 1. The fraction of sp³-hybridized carbons (Fsp3) is 0.300. The van der Waals surface area contributed by atoms with Crippen molar-refractivity contribution in [2.45, 2.75) is 12.7 Å². The third kappa shape index (κ3) is 4.30. The normalized spacial score (nSPS) is 11.6. The Labute approximate surface area is 99.7 Å². The number of halogens is 4. The molecular formula is C10H10F4N2O2. The van der Waals surface area contributed by atoms with Gasteiger partial charge in [-0.2, -0.15) is 18.7 Å². The summed E-state index contributed by atoms with van der Waals surface area (Å²) in [4.78, 5) is 14.8. The highest BCUT2D eigenvalue weighted by Gasteiger charge is 2.33. The molecule has 1 aromatic rings. The van der Waals surface area contributed by atoms with Crippen LogP contribution in [0.5, 0.6) is 0 Å². The van der Waals surface area contributed by atoms with E-state index in [0.717, 1.165) is 12.1 Å². The van der Waals surface area contributed by atoms with Gasteiger partial charge >= 0.3 is 6.18 Å². The van der Waals surface area contributed by atoms with Crippen LogP contribution in [0.4, 0.5) is 17.6 Å². The predicted octanol–water partition coefficient (Wildman–Crippen LogP) is 1.35. The molecular weight excluding hydrogens is 256 g/mol. The highest BCUT2D eigenvalue weighted by molar-refractivity contribution is 5.74. The second kappa shape index (κ2) is 5.78. The smallest absolute Gasteiger partial charge is 0.368 e. The van der Waals surface area contributed by atoms with Crippen LogP contribution in [0.1, 0.15) is 11.1 Å². The fourth-order valence-corrected chi connectivity index (χ4v) is 1.22. The van der Waals surface area contributed by atoms with Gasteiger partial charge in [0, 0.05) is 6.54 Å². The van der Waals surface area contributed by atoms with Gasteiger partial charge in [0.1, 0.15) is 12.4 Å². The van der Waals surface area contributed by atoms with E-state index in [4.69, 9.17) is 5.73 Å². The van der Waals surface area contributed by atoms with E-state index in [1.807, 2.05) is 0 Å². The summed E-state index contributed by atoms with van der Waals surface area (Å²) >= 11 is 0. The van der Waals surface area contributed by atoms with Crippen molar-refractivity contribution >= 4 is 5.91 Å². The molecule has 4 nitrogen and oxygen atoms in total. The molecule has 1 rings (SSSR count). The zero-order chi connectivity index (χ0) is 13.8. The minimum Gasteiger partial charge on any atom is -0.368 e. The number of amides is 1. The van der Waals surface area contributed by atoms with Crippen LogP contribution in [0.3, 0.4) is 0 Å². The molecule has 0 bridgehead atoms. The van der Waals surface area contributed by atoms with E-state index in [1.54, 1.807) is 0 Å². The van der Waals surface area contributed by atoms with Crippen LogP contribution in [0.15, 0.2) is 18.2 Å². The highest BCUT2D eigenvalue weighted by atomic mass is 19.4. The number of carbonyl (C=O) groups excluding carboxylic acids is 1. The van der Waals surface area contributed by atoms with Gasteiger partial charge in [-0.25, -0.2) is 4.39 Å². The summed E-state index contributed by atoms with van der Waals surface area (Å²) in [6.07, 6.45) is -4.66. The Morgan fingerprint density at radius 1 is 1.39 bits per heavy atom. The number of nitrogens with one attached hydrogen (secondary N) is 1. The topological polar surface area (TPSA) is 64.4 Å². The summed E-state index contributed by atoms with van der Waals surface area (Å²) in [5, 5.41) is 0. The molecule has 0 fully saturated rings. The Hall–Kier alpha value is -1.67. The fourth-order valence-electron chi connectivity index (χ4n) is 1.22. The second-order valence-corrected chi connectivity index (χ2v) is 3.38. The first-order valence-electron chi connectivity index (χ1n) is 4.79. The maximum absolute atomic E-state index is 12.8. The lowest BCUT2D eigenvalue weighted by atomic mass is 10.1. The Balaban J connectivity index is 2.73. The first-order valence-corrected chi connectivity index (χ1v) is 4.79. The number of alkyl halides is 3. The van der Waals surface area contributed by atoms with Crippen LogP contribution in [-0.2, 0) is 22.4 Å². The summed E-state index contributed by atoms with van der Waals surface area (Å²) < 4.78 is 50.4. The number of primary amides is 1. The van der Waals surface area contributed by atoms with Crippen LogP contribution in [0.2, 0.25) is 0 Å². The van der Waals surface area contributed by atoms with Gasteiger partial charge in [-0.05, 0) is 17.7 Å². The number of benzene rings is 1. The molecule has 0 atom stereocenters. The van der Waals surface area contributed by atoms with Gasteiger partial charge in [0.15, 0.2) is 0 Å². The average molecular weight is 266 g/mol. The van der Waals surface area contributed by atoms with Crippen LogP contribution < -0.4 is 11.2 Å². The van der Waals surface area contributed by atoms with E-state index in [1.165, 1.54) is 0 Å². The Bertz CT molecular complexity index is 434. The van der Waals surface area contributed by atoms with Crippen molar-refractivity contribution in [2.24, 2.45) is 5.73 Å². The molecule has 0 aromatic heterocycles. The lowest BCUT2D eigenvalue weighted by Crippen LogP contribution is -2.25. The molecule has 0 unspecified atom stereocenters. The van der Waals surface area contributed by atoms with E-state index >= 15 is 0 Å². The van der Waals surface area contributed by atoms with Crippen molar-refractivity contribution in [1.29, 1.82) is 0 Å². The maximum Gasteiger partial charge on any atom is 0.416 e. The zero-order valence-corrected chi connectivity index (χ0v) is 9.05. The number of hydroxylamine groups is 1. The van der Waals surface area contributed by atoms with Crippen molar-refractivity contribution < 1.29 is 27.2 Å². The summed E-state index contributed by atoms with van der Waals surface area (Å²) in [6.45, 7) is -0.801. The van der Waals surface area contributed by atoms with Crippen LogP contribution >= 0.6 is 0 Å². The van der Waals surface area contributed by atoms with Gasteiger partial charge in [0.2, 0.25) is 5.91 Å². The van der Waals surface area contributed by atoms with Crippen LogP contribution in [0.25, 0.3) is 0 Å². The third-order valence-electron chi connectivity index (χ3n) is 1.96. The van der Waals surface area contributed by atoms with Gasteiger partial charge in [-0.3, -0.25) is 9.63 Å². The molecule has 100 valence electrons. The Morgan fingerprint density at radius 2 is 2.06 bits per heavy atom. The third-order valence-corrected chi connectivity index (χ3v) is 1.96. The van der Waals surface area contributed by atoms with Crippen LogP contribution in [0, 0.1) is 5.82 Å². The van der Waals surface area contributed by atoms with Crippen molar-refractivity contribution in [3.63, 3.8) is 0 Å². The van der Waals surface area contributed by atoms with Gasteiger partial charge in [0.05, 0.1) is 5.56 Å². The number of carbonyl (C=O) groups is 1. The van der Waals surface area contributed by atoms with Crippen molar-refractivity contribution in [1.82, 2.24) is 5.48 Å². The van der Waals surface area contributed by atoms with Gasteiger partial charge < -0.3 is 5.73 Å². The first kappa shape index (κ1) is 14.4. The van der Waals surface area contributed by atoms with Crippen molar-refractivity contribution in [2.75, 3.05) is 6.61 Å². The number of rotatable bonds is 5.